The number of halogens is 1. The van der Waals surface area contributed by atoms with Gasteiger partial charge < -0.3 is 20.0 Å². The second kappa shape index (κ2) is 8.52. The Morgan fingerprint density at radius 2 is 1.76 bits per heavy atom. The lowest BCUT2D eigenvalue weighted by atomic mass is 9.94. The number of hydrogen-bond acceptors (Lipinski definition) is 3. The maximum Gasteiger partial charge on any atom is 0.322 e. The molecule has 2 aliphatic heterocycles. The molecule has 0 radical (unpaired) electrons. The molecule has 1 spiro atoms. The van der Waals surface area contributed by atoms with Gasteiger partial charge in [-0.1, -0.05) is 11.6 Å². The van der Waals surface area contributed by atoms with Crippen LogP contribution in [-0.2, 0) is 4.79 Å². The molecular formula is C22H31ClN4O2. The zero-order valence-electron chi connectivity index (χ0n) is 17.2. The van der Waals surface area contributed by atoms with Crippen LogP contribution in [0.3, 0.4) is 0 Å². The van der Waals surface area contributed by atoms with E-state index in [0.29, 0.717) is 29.2 Å². The van der Waals surface area contributed by atoms with Crippen molar-refractivity contribution >= 4 is 29.2 Å². The zero-order chi connectivity index (χ0) is 20.4. The van der Waals surface area contributed by atoms with Crippen LogP contribution in [0.2, 0.25) is 5.02 Å². The summed E-state index contributed by atoms with van der Waals surface area (Å²) in [5.74, 6) is 0.0399. The number of urea groups is 1. The molecule has 1 unspecified atom stereocenters. The number of piperazine rings is 1. The van der Waals surface area contributed by atoms with Crippen LogP contribution in [0.15, 0.2) is 24.3 Å². The van der Waals surface area contributed by atoms with E-state index in [1.165, 1.54) is 38.8 Å². The minimum Gasteiger partial charge on any atom is -0.339 e. The van der Waals surface area contributed by atoms with Crippen molar-refractivity contribution in [2.45, 2.75) is 45.1 Å². The van der Waals surface area contributed by atoms with E-state index < -0.39 is 6.04 Å². The molecule has 2 heterocycles. The van der Waals surface area contributed by atoms with E-state index in [9.17, 15) is 9.59 Å². The predicted molar refractivity (Wildman–Crippen MR) is 115 cm³/mol. The third-order valence-electron chi connectivity index (χ3n) is 6.88. The van der Waals surface area contributed by atoms with Crippen molar-refractivity contribution in [1.82, 2.24) is 14.7 Å². The maximum atomic E-state index is 12.8. The molecule has 29 heavy (non-hydrogen) atoms. The maximum absolute atomic E-state index is 12.8. The average molecular weight is 419 g/mol. The van der Waals surface area contributed by atoms with Gasteiger partial charge in [-0.15, -0.1) is 0 Å². The first-order valence-electron chi connectivity index (χ1n) is 10.8. The highest BCUT2D eigenvalue weighted by Crippen LogP contribution is 2.53. The van der Waals surface area contributed by atoms with Gasteiger partial charge in [-0.3, -0.25) is 4.79 Å². The van der Waals surface area contributed by atoms with Gasteiger partial charge in [0.15, 0.2) is 0 Å². The number of carbonyl (C=O) groups excluding carboxylic acids is 2. The first-order chi connectivity index (χ1) is 14.0. The molecule has 1 saturated carbocycles. The molecule has 1 aromatic carbocycles. The van der Waals surface area contributed by atoms with Gasteiger partial charge in [-0.25, -0.2) is 4.79 Å². The predicted octanol–water partition coefficient (Wildman–Crippen LogP) is 3.67. The van der Waals surface area contributed by atoms with E-state index in [4.69, 9.17) is 11.6 Å². The van der Waals surface area contributed by atoms with Gasteiger partial charge >= 0.3 is 6.03 Å². The van der Waals surface area contributed by atoms with Crippen LogP contribution in [0.25, 0.3) is 0 Å². The average Bonchev–Trinajstić information content (AvgIpc) is 3.47. The normalized spacial score (nSPS) is 24.1. The first kappa shape index (κ1) is 20.5. The monoisotopic (exact) mass is 418 g/mol. The Kier molecular flexibility index (Phi) is 6.02. The van der Waals surface area contributed by atoms with Gasteiger partial charge in [-0.2, -0.15) is 0 Å². The highest BCUT2D eigenvalue weighted by molar-refractivity contribution is 6.30. The summed E-state index contributed by atoms with van der Waals surface area (Å²) in [7, 11) is 0. The minimum absolute atomic E-state index is 0.0399. The van der Waals surface area contributed by atoms with E-state index in [2.05, 4.69) is 10.2 Å². The number of carbonyl (C=O) groups is 2. The number of hydrogen-bond donors (Lipinski definition) is 1. The molecule has 1 aromatic rings. The molecule has 7 heteroatoms. The third-order valence-corrected chi connectivity index (χ3v) is 7.13. The molecular weight excluding hydrogens is 388 g/mol. The third kappa shape index (κ3) is 4.86. The Balaban J connectivity index is 1.21. The standard InChI is InChI=1S/C22H31ClN4O2/c1-17-20(28)26(12-2-11-25-13-9-22(7-8-22)10-14-25)15-16-27(17)21(29)24-19-5-3-18(23)4-6-19/h3-6,17H,2,7-16H2,1H3,(H,24,29). The van der Waals surface area contributed by atoms with Crippen molar-refractivity contribution in [2.75, 3.05) is 44.6 Å². The van der Waals surface area contributed by atoms with Crippen molar-refractivity contribution in [2.24, 2.45) is 5.41 Å². The van der Waals surface area contributed by atoms with Crippen LogP contribution >= 0.6 is 11.6 Å². The molecule has 3 amide bonds. The largest absolute Gasteiger partial charge is 0.339 e. The molecule has 1 aliphatic carbocycles. The van der Waals surface area contributed by atoms with Gasteiger partial charge in [0.2, 0.25) is 5.91 Å². The molecule has 1 atom stereocenters. The molecule has 3 aliphatic rings. The Morgan fingerprint density at radius 1 is 1.07 bits per heavy atom. The summed E-state index contributed by atoms with van der Waals surface area (Å²) >= 11 is 5.89. The fraction of sp³-hybridized carbons (Fsp3) is 0.636. The van der Waals surface area contributed by atoms with Gasteiger partial charge in [0.25, 0.3) is 0 Å². The molecule has 2 saturated heterocycles. The Labute approximate surface area is 178 Å². The summed E-state index contributed by atoms with van der Waals surface area (Å²) in [4.78, 5) is 31.5. The first-order valence-corrected chi connectivity index (χ1v) is 11.2. The molecule has 158 valence electrons. The lowest BCUT2D eigenvalue weighted by Crippen LogP contribution is -2.58. The summed E-state index contributed by atoms with van der Waals surface area (Å²) in [5.41, 5.74) is 1.39. The molecule has 3 fully saturated rings. The number of piperidine rings is 1. The second-order valence-electron chi connectivity index (χ2n) is 8.83. The van der Waals surface area contributed by atoms with Crippen LogP contribution in [-0.4, -0.2) is 71.9 Å². The van der Waals surface area contributed by atoms with E-state index in [1.807, 2.05) is 11.8 Å². The number of rotatable bonds is 5. The summed E-state index contributed by atoms with van der Waals surface area (Å²) in [6.45, 7) is 7.23. The summed E-state index contributed by atoms with van der Waals surface area (Å²) in [6.07, 6.45) is 6.57. The quantitative estimate of drug-likeness (QED) is 0.793. The van der Waals surface area contributed by atoms with E-state index in [1.54, 1.807) is 29.2 Å². The molecule has 4 rings (SSSR count). The van der Waals surface area contributed by atoms with E-state index in [-0.39, 0.29) is 11.9 Å². The summed E-state index contributed by atoms with van der Waals surface area (Å²) in [5, 5.41) is 3.48. The summed E-state index contributed by atoms with van der Waals surface area (Å²) in [6, 6.07) is 6.30. The smallest absolute Gasteiger partial charge is 0.322 e. The van der Waals surface area contributed by atoms with Crippen molar-refractivity contribution in [3.05, 3.63) is 29.3 Å². The highest BCUT2D eigenvalue weighted by atomic mass is 35.5. The number of benzene rings is 1. The number of nitrogens with one attached hydrogen (secondary N) is 1. The van der Waals surface area contributed by atoms with Crippen molar-refractivity contribution < 1.29 is 9.59 Å². The van der Waals surface area contributed by atoms with Gasteiger partial charge in [0, 0.05) is 30.3 Å². The number of amides is 3. The lowest BCUT2D eigenvalue weighted by Gasteiger charge is -2.39. The minimum atomic E-state index is -0.444. The topological polar surface area (TPSA) is 55.9 Å². The Bertz CT molecular complexity index is 740. The van der Waals surface area contributed by atoms with E-state index in [0.717, 1.165) is 19.5 Å². The number of anilines is 1. The van der Waals surface area contributed by atoms with Crippen molar-refractivity contribution in [3.63, 3.8) is 0 Å². The SMILES string of the molecule is CC1C(=O)N(CCCN2CCC3(CC2)CC3)CCN1C(=O)Nc1ccc(Cl)cc1. The van der Waals surface area contributed by atoms with Crippen LogP contribution in [0.4, 0.5) is 10.5 Å². The van der Waals surface area contributed by atoms with Gasteiger partial charge in [-0.05, 0) is 88.3 Å². The number of nitrogens with zero attached hydrogens (tertiary/aromatic N) is 3. The van der Waals surface area contributed by atoms with Crippen molar-refractivity contribution in [1.29, 1.82) is 0 Å². The molecule has 6 nitrogen and oxygen atoms in total. The molecule has 1 N–H and O–H groups in total. The zero-order valence-corrected chi connectivity index (χ0v) is 18.0. The Morgan fingerprint density at radius 3 is 2.41 bits per heavy atom. The summed E-state index contributed by atoms with van der Waals surface area (Å²) < 4.78 is 0. The van der Waals surface area contributed by atoms with Crippen LogP contribution < -0.4 is 5.32 Å². The molecule has 0 aromatic heterocycles. The van der Waals surface area contributed by atoms with Crippen molar-refractivity contribution in [3.8, 4) is 0 Å². The van der Waals surface area contributed by atoms with Crippen LogP contribution in [0, 0.1) is 5.41 Å². The Hall–Kier alpha value is -1.79. The fourth-order valence-electron chi connectivity index (χ4n) is 4.57. The second-order valence-corrected chi connectivity index (χ2v) is 9.26. The van der Waals surface area contributed by atoms with Crippen LogP contribution in [0.5, 0.6) is 0 Å². The number of likely N-dealkylation sites (tertiary alicyclic amines) is 1. The fourth-order valence-corrected chi connectivity index (χ4v) is 4.70. The highest BCUT2D eigenvalue weighted by Gasteiger charge is 2.44. The van der Waals surface area contributed by atoms with Gasteiger partial charge in [0.1, 0.15) is 6.04 Å². The van der Waals surface area contributed by atoms with Gasteiger partial charge in [0.05, 0.1) is 0 Å². The van der Waals surface area contributed by atoms with E-state index >= 15 is 0 Å². The van der Waals surface area contributed by atoms with Crippen LogP contribution in [0.1, 0.15) is 39.0 Å². The lowest BCUT2D eigenvalue weighted by molar-refractivity contribution is -0.139. The molecule has 0 bridgehead atoms.